The standard InChI is InChI=1S/C17H24FN3O/c1-19-12-14(6-7-17(19)22)13-20-8-10-21(11-9-20)16-5-3-2-4-15(16)18/h2-5,14H,6-13H2,1H3. The van der Waals surface area contributed by atoms with Crippen LogP contribution < -0.4 is 4.90 Å². The highest BCUT2D eigenvalue weighted by molar-refractivity contribution is 5.76. The summed E-state index contributed by atoms with van der Waals surface area (Å²) in [4.78, 5) is 18.0. The van der Waals surface area contributed by atoms with Crippen molar-refractivity contribution in [2.24, 2.45) is 5.92 Å². The van der Waals surface area contributed by atoms with Crippen LogP contribution in [0.4, 0.5) is 10.1 Å². The molecule has 0 N–H and O–H groups in total. The van der Waals surface area contributed by atoms with Crippen molar-refractivity contribution < 1.29 is 9.18 Å². The van der Waals surface area contributed by atoms with Crippen molar-refractivity contribution in [1.29, 1.82) is 0 Å². The molecule has 3 rings (SSSR count). The molecule has 2 aliphatic rings. The third-order valence-corrected chi connectivity index (χ3v) is 4.81. The minimum Gasteiger partial charge on any atom is -0.367 e. The Labute approximate surface area is 131 Å². The predicted molar refractivity (Wildman–Crippen MR) is 85.4 cm³/mol. The van der Waals surface area contributed by atoms with E-state index in [4.69, 9.17) is 0 Å². The number of benzene rings is 1. The maximum atomic E-state index is 13.8. The van der Waals surface area contributed by atoms with Gasteiger partial charge in [-0.3, -0.25) is 9.69 Å². The van der Waals surface area contributed by atoms with Gasteiger partial charge in [-0.25, -0.2) is 4.39 Å². The maximum absolute atomic E-state index is 13.8. The van der Waals surface area contributed by atoms with Gasteiger partial charge in [0, 0.05) is 52.7 Å². The van der Waals surface area contributed by atoms with E-state index in [0.29, 0.717) is 18.0 Å². The van der Waals surface area contributed by atoms with Crippen LogP contribution in [-0.4, -0.2) is 62.0 Å². The zero-order valence-electron chi connectivity index (χ0n) is 13.2. The van der Waals surface area contributed by atoms with Crippen LogP contribution in [0.15, 0.2) is 24.3 Å². The van der Waals surface area contributed by atoms with E-state index in [1.54, 1.807) is 6.07 Å². The summed E-state index contributed by atoms with van der Waals surface area (Å²) in [6, 6.07) is 7.00. The first-order chi connectivity index (χ1) is 10.6. The van der Waals surface area contributed by atoms with Crippen molar-refractivity contribution in [2.45, 2.75) is 12.8 Å². The van der Waals surface area contributed by atoms with Gasteiger partial charge in [-0.05, 0) is 24.5 Å². The highest BCUT2D eigenvalue weighted by atomic mass is 19.1. The summed E-state index contributed by atoms with van der Waals surface area (Å²) in [6.07, 6.45) is 1.67. The van der Waals surface area contributed by atoms with Crippen LogP contribution in [0.25, 0.3) is 0 Å². The summed E-state index contributed by atoms with van der Waals surface area (Å²) < 4.78 is 13.8. The topological polar surface area (TPSA) is 26.8 Å². The molecule has 5 heteroatoms. The molecule has 1 unspecified atom stereocenters. The Morgan fingerprint density at radius 2 is 1.91 bits per heavy atom. The predicted octanol–water partition coefficient (Wildman–Crippen LogP) is 1.82. The van der Waals surface area contributed by atoms with Crippen molar-refractivity contribution in [3.8, 4) is 0 Å². The van der Waals surface area contributed by atoms with Crippen LogP contribution >= 0.6 is 0 Å². The molecule has 120 valence electrons. The number of para-hydroxylation sites is 1. The van der Waals surface area contributed by atoms with E-state index in [1.807, 2.05) is 24.1 Å². The lowest BCUT2D eigenvalue weighted by Gasteiger charge is -2.39. The van der Waals surface area contributed by atoms with E-state index in [1.165, 1.54) is 6.07 Å². The largest absolute Gasteiger partial charge is 0.367 e. The number of hydrogen-bond donors (Lipinski definition) is 0. The van der Waals surface area contributed by atoms with E-state index in [9.17, 15) is 9.18 Å². The molecule has 1 aromatic carbocycles. The summed E-state index contributed by atoms with van der Waals surface area (Å²) in [5, 5.41) is 0. The molecule has 22 heavy (non-hydrogen) atoms. The summed E-state index contributed by atoms with van der Waals surface area (Å²) >= 11 is 0. The normalized spacial score (nSPS) is 23.9. The fourth-order valence-corrected chi connectivity index (χ4v) is 3.49. The molecule has 0 aromatic heterocycles. The minimum atomic E-state index is -0.136. The Morgan fingerprint density at radius 3 is 2.59 bits per heavy atom. The smallest absolute Gasteiger partial charge is 0.222 e. The van der Waals surface area contributed by atoms with Crippen molar-refractivity contribution in [2.75, 3.05) is 51.2 Å². The van der Waals surface area contributed by atoms with Crippen molar-refractivity contribution in [1.82, 2.24) is 9.80 Å². The minimum absolute atomic E-state index is 0.136. The Bertz CT molecular complexity index is 528. The Kier molecular flexibility index (Phi) is 4.62. The lowest BCUT2D eigenvalue weighted by molar-refractivity contribution is -0.133. The molecule has 2 heterocycles. The molecule has 2 saturated heterocycles. The number of likely N-dealkylation sites (tertiary alicyclic amines) is 1. The van der Waals surface area contributed by atoms with E-state index in [2.05, 4.69) is 9.80 Å². The summed E-state index contributed by atoms with van der Waals surface area (Å²) in [5.74, 6) is 0.701. The molecule has 0 saturated carbocycles. The van der Waals surface area contributed by atoms with Gasteiger partial charge >= 0.3 is 0 Å². The van der Waals surface area contributed by atoms with Gasteiger partial charge in [-0.15, -0.1) is 0 Å². The first kappa shape index (κ1) is 15.3. The van der Waals surface area contributed by atoms with Gasteiger partial charge in [0.25, 0.3) is 0 Å². The quantitative estimate of drug-likeness (QED) is 0.852. The first-order valence-electron chi connectivity index (χ1n) is 8.09. The number of halogens is 1. The average molecular weight is 305 g/mol. The fourth-order valence-electron chi connectivity index (χ4n) is 3.49. The first-order valence-corrected chi connectivity index (χ1v) is 8.09. The number of rotatable bonds is 3. The Morgan fingerprint density at radius 1 is 1.18 bits per heavy atom. The molecule has 2 fully saturated rings. The summed E-state index contributed by atoms with van der Waals surface area (Å²) in [7, 11) is 1.89. The van der Waals surface area contributed by atoms with Gasteiger partial charge in [-0.2, -0.15) is 0 Å². The Hall–Kier alpha value is -1.62. The van der Waals surface area contributed by atoms with E-state index in [0.717, 1.165) is 45.7 Å². The molecular weight excluding hydrogens is 281 g/mol. The average Bonchev–Trinajstić information content (AvgIpc) is 2.52. The second-order valence-corrected chi connectivity index (χ2v) is 6.42. The van der Waals surface area contributed by atoms with Gasteiger partial charge < -0.3 is 9.80 Å². The van der Waals surface area contributed by atoms with E-state index >= 15 is 0 Å². The maximum Gasteiger partial charge on any atom is 0.222 e. The molecule has 0 spiro atoms. The second kappa shape index (κ2) is 6.65. The van der Waals surface area contributed by atoms with Crippen LogP contribution in [-0.2, 0) is 4.79 Å². The molecule has 1 aromatic rings. The van der Waals surface area contributed by atoms with Gasteiger partial charge in [-0.1, -0.05) is 12.1 Å². The SMILES string of the molecule is CN1CC(CN2CCN(c3ccccc3F)CC2)CCC1=O. The molecule has 4 nitrogen and oxygen atoms in total. The third-order valence-electron chi connectivity index (χ3n) is 4.81. The zero-order chi connectivity index (χ0) is 15.5. The number of carbonyl (C=O) groups excluding carboxylic acids is 1. The van der Waals surface area contributed by atoms with E-state index < -0.39 is 0 Å². The number of piperazine rings is 1. The molecule has 0 radical (unpaired) electrons. The molecule has 2 aliphatic heterocycles. The number of amides is 1. The Balaban J connectivity index is 1.50. The lowest BCUT2D eigenvalue weighted by atomic mass is 9.97. The van der Waals surface area contributed by atoms with Gasteiger partial charge in [0.1, 0.15) is 5.82 Å². The van der Waals surface area contributed by atoms with Crippen LogP contribution in [0.1, 0.15) is 12.8 Å². The molecule has 1 amide bonds. The lowest BCUT2D eigenvalue weighted by Crippen LogP contribution is -2.50. The van der Waals surface area contributed by atoms with Crippen LogP contribution in [0.2, 0.25) is 0 Å². The number of nitrogens with zero attached hydrogens (tertiary/aromatic N) is 3. The molecule has 1 atom stereocenters. The van der Waals surface area contributed by atoms with Gasteiger partial charge in [0.15, 0.2) is 0 Å². The van der Waals surface area contributed by atoms with Crippen LogP contribution in [0.3, 0.4) is 0 Å². The van der Waals surface area contributed by atoms with Gasteiger partial charge in [0.2, 0.25) is 5.91 Å². The van der Waals surface area contributed by atoms with Crippen molar-refractivity contribution in [3.63, 3.8) is 0 Å². The molecule has 0 bridgehead atoms. The highest BCUT2D eigenvalue weighted by Gasteiger charge is 2.26. The summed E-state index contributed by atoms with van der Waals surface area (Å²) in [5.41, 5.74) is 0.713. The number of anilines is 1. The monoisotopic (exact) mass is 305 g/mol. The molecule has 0 aliphatic carbocycles. The van der Waals surface area contributed by atoms with Crippen LogP contribution in [0.5, 0.6) is 0 Å². The van der Waals surface area contributed by atoms with Crippen LogP contribution in [0, 0.1) is 11.7 Å². The van der Waals surface area contributed by atoms with E-state index in [-0.39, 0.29) is 11.7 Å². The number of piperidine rings is 1. The van der Waals surface area contributed by atoms with Crippen molar-refractivity contribution >= 4 is 11.6 Å². The van der Waals surface area contributed by atoms with Gasteiger partial charge in [0.05, 0.1) is 5.69 Å². The molecular formula is C17H24FN3O. The fraction of sp³-hybridized carbons (Fsp3) is 0.588. The number of carbonyl (C=O) groups is 1. The third kappa shape index (κ3) is 3.40. The van der Waals surface area contributed by atoms with Crippen molar-refractivity contribution in [3.05, 3.63) is 30.1 Å². The number of hydrogen-bond acceptors (Lipinski definition) is 3. The highest BCUT2D eigenvalue weighted by Crippen LogP contribution is 2.22. The zero-order valence-corrected chi connectivity index (χ0v) is 13.2. The summed E-state index contributed by atoms with van der Waals surface area (Å²) in [6.45, 7) is 5.56. The second-order valence-electron chi connectivity index (χ2n) is 6.42.